The number of epoxide rings is 1. The van der Waals surface area contributed by atoms with Crippen molar-refractivity contribution in [3.05, 3.63) is 48.6 Å². The van der Waals surface area contributed by atoms with Crippen molar-refractivity contribution < 1.29 is 14.3 Å². The minimum atomic E-state index is 0.0581. The van der Waals surface area contributed by atoms with Crippen molar-refractivity contribution in [1.82, 2.24) is 4.90 Å². The monoisotopic (exact) mass is 289 g/mol. The summed E-state index contributed by atoms with van der Waals surface area (Å²) in [6.45, 7) is 7.28. The summed E-state index contributed by atoms with van der Waals surface area (Å²) >= 11 is 0. The average Bonchev–Trinajstić information content (AvgIpc) is 3.34. The van der Waals surface area contributed by atoms with Crippen LogP contribution >= 0.6 is 0 Å². The van der Waals surface area contributed by atoms with Crippen LogP contribution in [0.1, 0.15) is 23.2 Å². The summed E-state index contributed by atoms with van der Waals surface area (Å²) in [7, 11) is 0. The molecule has 4 nitrogen and oxygen atoms in total. The summed E-state index contributed by atoms with van der Waals surface area (Å²) in [6.07, 6.45) is 3.96. The lowest BCUT2D eigenvalue weighted by Crippen LogP contribution is -2.32. The van der Waals surface area contributed by atoms with E-state index in [1.807, 2.05) is 35.2 Å². The Labute approximate surface area is 126 Å². The van der Waals surface area contributed by atoms with Crippen molar-refractivity contribution >= 4 is 5.91 Å². The standard InChI is InChI=1S/C17H23NO3/c1-2-10-18(17(19)15-8-4-3-5-9-15)11-6-7-12-20-13-16-14-21-16/h2-5,8-9,16H,1,6-7,10-14H2. The molecule has 1 fully saturated rings. The van der Waals surface area contributed by atoms with Crippen LogP contribution < -0.4 is 0 Å². The number of rotatable bonds is 10. The molecule has 0 spiro atoms. The molecule has 21 heavy (non-hydrogen) atoms. The minimum absolute atomic E-state index is 0.0581. The molecule has 0 N–H and O–H groups in total. The van der Waals surface area contributed by atoms with Crippen molar-refractivity contribution in [2.24, 2.45) is 0 Å². The maximum absolute atomic E-state index is 12.4. The van der Waals surface area contributed by atoms with Crippen molar-refractivity contribution in [3.63, 3.8) is 0 Å². The van der Waals surface area contributed by atoms with Crippen molar-refractivity contribution in [3.8, 4) is 0 Å². The van der Waals surface area contributed by atoms with Gasteiger partial charge in [-0.15, -0.1) is 6.58 Å². The number of carbonyl (C=O) groups is 1. The molecule has 114 valence electrons. The largest absolute Gasteiger partial charge is 0.379 e. The van der Waals surface area contributed by atoms with Gasteiger partial charge >= 0.3 is 0 Å². The third-order valence-electron chi connectivity index (χ3n) is 3.33. The number of ether oxygens (including phenoxy) is 2. The summed E-state index contributed by atoms with van der Waals surface area (Å²) in [5, 5.41) is 0. The SMILES string of the molecule is C=CCN(CCCCOCC1CO1)C(=O)c1ccccc1. The molecule has 1 aromatic carbocycles. The zero-order chi connectivity index (χ0) is 14.9. The molecule has 0 aromatic heterocycles. The molecule has 1 heterocycles. The number of nitrogens with zero attached hydrogens (tertiary/aromatic N) is 1. The number of hydrogen-bond acceptors (Lipinski definition) is 3. The van der Waals surface area contributed by atoms with Gasteiger partial charge in [0, 0.05) is 25.3 Å². The van der Waals surface area contributed by atoms with Gasteiger partial charge in [0.2, 0.25) is 0 Å². The highest BCUT2D eigenvalue weighted by Gasteiger charge is 2.22. The zero-order valence-corrected chi connectivity index (χ0v) is 12.4. The molecule has 1 saturated heterocycles. The van der Waals surface area contributed by atoms with Gasteiger partial charge in [0.15, 0.2) is 0 Å². The Morgan fingerprint density at radius 2 is 2.14 bits per heavy atom. The number of amides is 1. The predicted molar refractivity (Wildman–Crippen MR) is 82.3 cm³/mol. The summed E-state index contributed by atoms with van der Waals surface area (Å²) in [5.41, 5.74) is 0.724. The lowest BCUT2D eigenvalue weighted by molar-refractivity contribution is 0.0757. The van der Waals surface area contributed by atoms with E-state index in [2.05, 4.69) is 6.58 Å². The zero-order valence-electron chi connectivity index (χ0n) is 12.4. The topological polar surface area (TPSA) is 42.1 Å². The first-order valence-electron chi connectivity index (χ1n) is 7.46. The Morgan fingerprint density at radius 3 is 2.81 bits per heavy atom. The fourth-order valence-electron chi connectivity index (χ4n) is 2.08. The van der Waals surface area contributed by atoms with Crippen LogP contribution in [0.5, 0.6) is 0 Å². The Balaban J connectivity index is 1.70. The predicted octanol–water partition coefficient (Wildman–Crippen LogP) is 2.51. The Hall–Kier alpha value is -1.65. The highest BCUT2D eigenvalue weighted by atomic mass is 16.6. The van der Waals surface area contributed by atoms with E-state index in [1.54, 1.807) is 6.08 Å². The average molecular weight is 289 g/mol. The van der Waals surface area contributed by atoms with Gasteiger partial charge in [-0.3, -0.25) is 4.79 Å². The maximum Gasteiger partial charge on any atom is 0.254 e. The van der Waals surface area contributed by atoms with Crippen LogP contribution in [-0.4, -0.2) is 49.8 Å². The highest BCUT2D eigenvalue weighted by molar-refractivity contribution is 5.94. The van der Waals surface area contributed by atoms with Crippen LogP contribution in [0.25, 0.3) is 0 Å². The lowest BCUT2D eigenvalue weighted by Gasteiger charge is -2.21. The highest BCUT2D eigenvalue weighted by Crippen LogP contribution is 2.09. The molecule has 4 heteroatoms. The van der Waals surface area contributed by atoms with Crippen molar-refractivity contribution in [1.29, 1.82) is 0 Å². The Kier molecular flexibility index (Phi) is 6.44. The molecule has 2 rings (SSSR count). The van der Waals surface area contributed by atoms with E-state index in [0.717, 1.165) is 38.2 Å². The summed E-state index contributed by atoms with van der Waals surface area (Å²) in [4.78, 5) is 14.2. The minimum Gasteiger partial charge on any atom is -0.379 e. The van der Waals surface area contributed by atoms with E-state index < -0.39 is 0 Å². The van der Waals surface area contributed by atoms with Crippen LogP contribution in [0.4, 0.5) is 0 Å². The molecular weight excluding hydrogens is 266 g/mol. The van der Waals surface area contributed by atoms with Gasteiger partial charge in [0.05, 0.1) is 13.2 Å². The molecule has 1 amide bonds. The van der Waals surface area contributed by atoms with Gasteiger partial charge in [0.25, 0.3) is 5.91 Å². The van der Waals surface area contributed by atoms with Gasteiger partial charge in [-0.25, -0.2) is 0 Å². The molecular formula is C17H23NO3. The van der Waals surface area contributed by atoms with E-state index in [-0.39, 0.29) is 5.91 Å². The number of unbranched alkanes of at least 4 members (excludes halogenated alkanes) is 1. The number of hydrogen-bond donors (Lipinski definition) is 0. The molecule has 0 bridgehead atoms. The first kappa shape index (κ1) is 15.7. The smallest absolute Gasteiger partial charge is 0.254 e. The molecule has 1 atom stereocenters. The summed E-state index contributed by atoms with van der Waals surface area (Å²) in [5.74, 6) is 0.0581. The van der Waals surface area contributed by atoms with Gasteiger partial charge in [-0.2, -0.15) is 0 Å². The molecule has 1 aliphatic rings. The van der Waals surface area contributed by atoms with Crippen LogP contribution in [0.3, 0.4) is 0 Å². The second-order valence-electron chi connectivity index (χ2n) is 5.14. The molecule has 0 aliphatic carbocycles. The number of benzene rings is 1. The molecule has 0 radical (unpaired) electrons. The summed E-state index contributed by atoms with van der Waals surface area (Å²) in [6, 6.07) is 9.37. The third kappa shape index (κ3) is 5.69. The number of carbonyl (C=O) groups excluding carboxylic acids is 1. The lowest BCUT2D eigenvalue weighted by atomic mass is 10.2. The normalized spacial score (nSPS) is 16.5. The molecule has 1 aromatic rings. The summed E-state index contributed by atoms with van der Waals surface area (Å²) < 4.78 is 10.6. The van der Waals surface area contributed by atoms with E-state index in [0.29, 0.717) is 19.3 Å². The third-order valence-corrected chi connectivity index (χ3v) is 3.33. The maximum atomic E-state index is 12.4. The Morgan fingerprint density at radius 1 is 1.38 bits per heavy atom. The van der Waals surface area contributed by atoms with Gasteiger partial charge in [0.1, 0.15) is 6.10 Å². The van der Waals surface area contributed by atoms with Crippen LogP contribution in [0, 0.1) is 0 Å². The van der Waals surface area contributed by atoms with E-state index >= 15 is 0 Å². The molecule has 1 unspecified atom stereocenters. The van der Waals surface area contributed by atoms with E-state index in [4.69, 9.17) is 9.47 Å². The van der Waals surface area contributed by atoms with Crippen LogP contribution in [-0.2, 0) is 9.47 Å². The second kappa shape index (κ2) is 8.60. The first-order chi connectivity index (χ1) is 10.3. The van der Waals surface area contributed by atoms with E-state index in [9.17, 15) is 4.79 Å². The fourth-order valence-corrected chi connectivity index (χ4v) is 2.08. The van der Waals surface area contributed by atoms with Gasteiger partial charge < -0.3 is 14.4 Å². The second-order valence-corrected chi connectivity index (χ2v) is 5.14. The first-order valence-corrected chi connectivity index (χ1v) is 7.46. The van der Waals surface area contributed by atoms with E-state index in [1.165, 1.54) is 0 Å². The molecule has 0 saturated carbocycles. The van der Waals surface area contributed by atoms with Crippen LogP contribution in [0.15, 0.2) is 43.0 Å². The quantitative estimate of drug-likeness (QED) is 0.377. The fraction of sp³-hybridized carbons (Fsp3) is 0.471. The van der Waals surface area contributed by atoms with Crippen molar-refractivity contribution in [2.75, 3.05) is 32.9 Å². The molecule has 1 aliphatic heterocycles. The van der Waals surface area contributed by atoms with Crippen molar-refractivity contribution in [2.45, 2.75) is 18.9 Å². The van der Waals surface area contributed by atoms with Crippen LogP contribution in [0.2, 0.25) is 0 Å². The Bertz CT molecular complexity index is 443. The van der Waals surface area contributed by atoms with Gasteiger partial charge in [-0.05, 0) is 25.0 Å². The van der Waals surface area contributed by atoms with Gasteiger partial charge in [-0.1, -0.05) is 24.3 Å².